The molecule has 3 rings (SSSR count). The Hall–Kier alpha value is -3.32. The standard InChI is InChI=1S/C24H26N2O4S/c1-4-23(30-21-7-5-6-18(3)16-21)24(27)25-19-12-14-22(15-13-19)31(28,29)26-20-10-8-17(2)9-11-20/h5-16,23,26H,4H2,1-3H3,(H,25,27). The van der Waals surface area contributed by atoms with Crippen LogP contribution in [0, 0.1) is 13.8 Å². The lowest BCUT2D eigenvalue weighted by Gasteiger charge is -2.18. The van der Waals surface area contributed by atoms with E-state index < -0.39 is 16.1 Å². The Morgan fingerprint density at radius 1 is 0.903 bits per heavy atom. The Bertz CT molecular complexity index is 1140. The fraction of sp³-hybridized carbons (Fsp3) is 0.208. The van der Waals surface area contributed by atoms with Crippen LogP contribution >= 0.6 is 0 Å². The van der Waals surface area contributed by atoms with E-state index in [1.54, 1.807) is 24.3 Å². The van der Waals surface area contributed by atoms with Crippen molar-refractivity contribution in [3.8, 4) is 5.75 Å². The van der Waals surface area contributed by atoms with Crippen LogP contribution in [0.4, 0.5) is 11.4 Å². The molecule has 0 saturated carbocycles. The molecule has 0 aromatic heterocycles. The Morgan fingerprint density at radius 3 is 2.16 bits per heavy atom. The van der Waals surface area contributed by atoms with Gasteiger partial charge in [-0.15, -0.1) is 0 Å². The fourth-order valence-corrected chi connectivity index (χ4v) is 4.01. The minimum absolute atomic E-state index is 0.106. The molecule has 162 valence electrons. The van der Waals surface area contributed by atoms with Gasteiger partial charge < -0.3 is 10.1 Å². The fourth-order valence-electron chi connectivity index (χ4n) is 2.95. The Balaban J connectivity index is 1.66. The lowest BCUT2D eigenvalue weighted by atomic mass is 10.2. The predicted molar refractivity (Wildman–Crippen MR) is 123 cm³/mol. The summed E-state index contributed by atoms with van der Waals surface area (Å²) in [6, 6.07) is 20.6. The summed E-state index contributed by atoms with van der Waals surface area (Å²) in [5.41, 5.74) is 3.07. The smallest absolute Gasteiger partial charge is 0.265 e. The Morgan fingerprint density at radius 2 is 1.55 bits per heavy atom. The van der Waals surface area contributed by atoms with Gasteiger partial charge in [0.1, 0.15) is 5.75 Å². The van der Waals surface area contributed by atoms with E-state index in [0.29, 0.717) is 23.5 Å². The molecule has 3 aromatic carbocycles. The van der Waals surface area contributed by atoms with Crippen LogP contribution in [-0.4, -0.2) is 20.4 Å². The van der Waals surface area contributed by atoms with Crippen molar-refractivity contribution in [3.05, 3.63) is 83.9 Å². The number of aryl methyl sites for hydroxylation is 2. The summed E-state index contributed by atoms with van der Waals surface area (Å²) in [7, 11) is -3.72. The second-order valence-corrected chi connectivity index (χ2v) is 9.00. The van der Waals surface area contributed by atoms with E-state index in [-0.39, 0.29) is 10.8 Å². The van der Waals surface area contributed by atoms with Crippen LogP contribution in [-0.2, 0) is 14.8 Å². The van der Waals surface area contributed by atoms with E-state index in [2.05, 4.69) is 10.0 Å². The van der Waals surface area contributed by atoms with Crippen molar-refractivity contribution in [2.24, 2.45) is 0 Å². The summed E-state index contributed by atoms with van der Waals surface area (Å²) in [5.74, 6) is 0.336. The second kappa shape index (κ2) is 9.66. The highest BCUT2D eigenvalue weighted by Crippen LogP contribution is 2.20. The van der Waals surface area contributed by atoms with Crippen molar-refractivity contribution >= 4 is 27.3 Å². The average molecular weight is 439 g/mol. The highest BCUT2D eigenvalue weighted by Gasteiger charge is 2.19. The maximum Gasteiger partial charge on any atom is 0.265 e. The van der Waals surface area contributed by atoms with Gasteiger partial charge in [0.25, 0.3) is 15.9 Å². The van der Waals surface area contributed by atoms with Gasteiger partial charge in [-0.25, -0.2) is 8.42 Å². The molecular formula is C24H26N2O4S. The highest BCUT2D eigenvalue weighted by atomic mass is 32.2. The number of ether oxygens (including phenoxy) is 1. The van der Waals surface area contributed by atoms with Crippen molar-refractivity contribution in [2.75, 3.05) is 10.0 Å². The number of hydrogen-bond acceptors (Lipinski definition) is 4. The van der Waals surface area contributed by atoms with E-state index in [4.69, 9.17) is 4.74 Å². The van der Waals surface area contributed by atoms with E-state index in [1.165, 1.54) is 12.1 Å². The maximum absolute atomic E-state index is 12.6. The first-order valence-electron chi connectivity index (χ1n) is 10.0. The van der Waals surface area contributed by atoms with Crippen LogP contribution < -0.4 is 14.8 Å². The molecular weight excluding hydrogens is 412 g/mol. The normalized spacial score (nSPS) is 12.1. The Labute approximate surface area is 183 Å². The number of nitrogens with one attached hydrogen (secondary N) is 2. The first-order valence-corrected chi connectivity index (χ1v) is 11.5. The lowest BCUT2D eigenvalue weighted by molar-refractivity contribution is -0.122. The second-order valence-electron chi connectivity index (χ2n) is 7.32. The zero-order chi connectivity index (χ0) is 22.4. The van der Waals surface area contributed by atoms with Crippen LogP contribution in [0.5, 0.6) is 5.75 Å². The molecule has 0 fully saturated rings. The van der Waals surface area contributed by atoms with Crippen molar-refractivity contribution in [2.45, 2.75) is 38.2 Å². The van der Waals surface area contributed by atoms with Gasteiger partial charge in [0, 0.05) is 11.4 Å². The largest absolute Gasteiger partial charge is 0.481 e. The third-order valence-corrected chi connectivity index (χ3v) is 6.06. The number of hydrogen-bond donors (Lipinski definition) is 2. The van der Waals surface area contributed by atoms with Gasteiger partial charge in [-0.1, -0.05) is 36.8 Å². The lowest BCUT2D eigenvalue weighted by Crippen LogP contribution is -2.32. The number of rotatable bonds is 8. The molecule has 0 aliphatic carbocycles. The molecule has 6 nitrogen and oxygen atoms in total. The minimum atomic E-state index is -3.72. The summed E-state index contributed by atoms with van der Waals surface area (Å²) in [6.45, 7) is 5.75. The molecule has 0 radical (unpaired) electrons. The summed E-state index contributed by atoms with van der Waals surface area (Å²) in [6.07, 6.45) is -0.166. The summed E-state index contributed by atoms with van der Waals surface area (Å²) >= 11 is 0. The predicted octanol–water partition coefficient (Wildman–Crippen LogP) is 4.90. The number of carbonyl (C=O) groups is 1. The van der Waals surface area contributed by atoms with Crippen LogP contribution in [0.1, 0.15) is 24.5 Å². The monoisotopic (exact) mass is 438 g/mol. The van der Waals surface area contributed by atoms with E-state index in [1.807, 2.05) is 57.2 Å². The van der Waals surface area contributed by atoms with Gasteiger partial charge in [-0.05, 0) is 74.4 Å². The molecule has 0 aliphatic heterocycles. The molecule has 3 aromatic rings. The minimum Gasteiger partial charge on any atom is -0.481 e. The average Bonchev–Trinajstić information content (AvgIpc) is 2.74. The molecule has 0 bridgehead atoms. The molecule has 0 aliphatic rings. The molecule has 1 atom stereocenters. The van der Waals surface area contributed by atoms with Crippen LogP contribution in [0.3, 0.4) is 0 Å². The molecule has 1 amide bonds. The van der Waals surface area contributed by atoms with Crippen molar-refractivity contribution in [1.29, 1.82) is 0 Å². The van der Waals surface area contributed by atoms with E-state index in [9.17, 15) is 13.2 Å². The number of sulfonamides is 1. The third kappa shape index (κ3) is 6.08. The van der Waals surface area contributed by atoms with Crippen molar-refractivity contribution in [1.82, 2.24) is 0 Å². The SMILES string of the molecule is CCC(Oc1cccc(C)c1)C(=O)Nc1ccc(S(=O)(=O)Nc2ccc(C)cc2)cc1. The number of carbonyl (C=O) groups excluding carboxylic acids is 1. The van der Waals surface area contributed by atoms with Gasteiger partial charge in [0.2, 0.25) is 0 Å². The van der Waals surface area contributed by atoms with Crippen molar-refractivity contribution < 1.29 is 17.9 Å². The molecule has 0 heterocycles. The molecule has 0 spiro atoms. The molecule has 7 heteroatoms. The van der Waals surface area contributed by atoms with E-state index >= 15 is 0 Å². The summed E-state index contributed by atoms with van der Waals surface area (Å²) < 4.78 is 33.5. The summed E-state index contributed by atoms with van der Waals surface area (Å²) in [5, 5.41) is 2.78. The zero-order valence-electron chi connectivity index (χ0n) is 17.8. The quantitative estimate of drug-likeness (QED) is 0.524. The number of benzene rings is 3. The highest BCUT2D eigenvalue weighted by molar-refractivity contribution is 7.92. The zero-order valence-corrected chi connectivity index (χ0v) is 18.6. The first-order chi connectivity index (χ1) is 14.8. The van der Waals surface area contributed by atoms with Gasteiger partial charge in [0.15, 0.2) is 6.10 Å². The molecule has 0 saturated heterocycles. The van der Waals surface area contributed by atoms with Gasteiger partial charge in [0.05, 0.1) is 4.90 Å². The number of amides is 1. The Kier molecular flexibility index (Phi) is 6.97. The van der Waals surface area contributed by atoms with Gasteiger partial charge >= 0.3 is 0 Å². The van der Waals surface area contributed by atoms with Crippen LogP contribution in [0.2, 0.25) is 0 Å². The maximum atomic E-state index is 12.6. The van der Waals surface area contributed by atoms with Crippen LogP contribution in [0.15, 0.2) is 77.7 Å². The van der Waals surface area contributed by atoms with Crippen molar-refractivity contribution in [3.63, 3.8) is 0 Å². The van der Waals surface area contributed by atoms with Gasteiger partial charge in [-0.3, -0.25) is 9.52 Å². The third-order valence-electron chi connectivity index (χ3n) is 4.67. The molecule has 31 heavy (non-hydrogen) atoms. The number of anilines is 2. The first kappa shape index (κ1) is 22.4. The van der Waals surface area contributed by atoms with Gasteiger partial charge in [-0.2, -0.15) is 0 Å². The molecule has 2 N–H and O–H groups in total. The topological polar surface area (TPSA) is 84.5 Å². The van der Waals surface area contributed by atoms with Crippen LogP contribution in [0.25, 0.3) is 0 Å². The summed E-state index contributed by atoms with van der Waals surface area (Å²) in [4.78, 5) is 12.7. The molecule has 1 unspecified atom stereocenters. The van der Waals surface area contributed by atoms with E-state index in [0.717, 1.165) is 11.1 Å².